The second kappa shape index (κ2) is 8.30. The van der Waals surface area contributed by atoms with E-state index in [-0.39, 0.29) is 11.7 Å². The highest BCUT2D eigenvalue weighted by atomic mass is 35.5. The van der Waals surface area contributed by atoms with Gasteiger partial charge in [0.15, 0.2) is 5.58 Å². The number of aromatic nitrogens is 3. The fourth-order valence-electron chi connectivity index (χ4n) is 3.39. The molecule has 0 fully saturated rings. The number of carbonyl (C=O) groups is 1. The predicted molar refractivity (Wildman–Crippen MR) is 114 cm³/mol. The lowest BCUT2D eigenvalue weighted by Gasteiger charge is -2.19. The topological polar surface area (TPSA) is 107 Å². The van der Waals surface area contributed by atoms with Crippen molar-refractivity contribution in [3.05, 3.63) is 71.3 Å². The number of aliphatic hydroxyl groups is 1. The number of imidazole rings is 1. The van der Waals surface area contributed by atoms with Crippen LogP contribution in [0.2, 0.25) is 5.02 Å². The minimum absolute atomic E-state index is 0.139. The van der Waals surface area contributed by atoms with Crippen LogP contribution < -0.4 is 5.73 Å². The van der Waals surface area contributed by atoms with Crippen LogP contribution >= 0.6 is 11.6 Å². The highest BCUT2D eigenvalue weighted by Gasteiger charge is 2.19. The van der Waals surface area contributed by atoms with Crippen LogP contribution in [0.4, 0.5) is 0 Å². The number of nitrogens with zero attached hydrogens (tertiary/aromatic N) is 3. The van der Waals surface area contributed by atoms with Crippen molar-refractivity contribution in [3.63, 3.8) is 0 Å². The Kier molecular flexibility index (Phi) is 5.57. The van der Waals surface area contributed by atoms with E-state index in [0.717, 1.165) is 16.6 Å². The van der Waals surface area contributed by atoms with Gasteiger partial charge in [-0.25, -0.2) is 9.97 Å². The van der Waals surface area contributed by atoms with Gasteiger partial charge >= 0.3 is 0 Å². The van der Waals surface area contributed by atoms with Gasteiger partial charge in [0.25, 0.3) is 5.91 Å². The van der Waals surface area contributed by atoms with Crippen LogP contribution in [0.5, 0.6) is 0 Å². The summed E-state index contributed by atoms with van der Waals surface area (Å²) in [6.07, 6.45) is 4.00. The molecule has 0 bridgehead atoms. The zero-order chi connectivity index (χ0) is 21.3. The molecule has 0 saturated heterocycles. The van der Waals surface area contributed by atoms with Crippen molar-refractivity contribution in [3.8, 4) is 11.5 Å². The molecule has 0 spiro atoms. The highest BCUT2D eigenvalue weighted by Crippen LogP contribution is 2.30. The molecule has 8 heteroatoms. The number of benzene rings is 2. The number of fused-ring (bicyclic) bond motifs is 1. The maximum atomic E-state index is 11.4. The molecule has 3 N–H and O–H groups in total. The molecular weight excluding hydrogens is 404 g/mol. The van der Waals surface area contributed by atoms with E-state index in [1.54, 1.807) is 31.6 Å². The van der Waals surface area contributed by atoms with E-state index in [9.17, 15) is 9.90 Å². The molecule has 7 nitrogen and oxygen atoms in total. The van der Waals surface area contributed by atoms with Crippen molar-refractivity contribution in [2.75, 3.05) is 0 Å². The number of hydrogen-bond donors (Lipinski definition) is 2. The van der Waals surface area contributed by atoms with Gasteiger partial charge in [0.05, 0.1) is 18.5 Å². The quantitative estimate of drug-likeness (QED) is 0.462. The van der Waals surface area contributed by atoms with Crippen LogP contribution in [0.3, 0.4) is 0 Å². The second-order valence-electron chi connectivity index (χ2n) is 7.27. The van der Waals surface area contributed by atoms with E-state index < -0.39 is 12.0 Å². The first-order chi connectivity index (χ1) is 14.4. The lowest BCUT2D eigenvalue weighted by Crippen LogP contribution is -2.13. The zero-order valence-corrected chi connectivity index (χ0v) is 17.1. The molecule has 4 aromatic rings. The molecule has 4 rings (SSSR count). The lowest BCUT2D eigenvalue weighted by molar-refractivity contribution is 0.0996. The first-order valence-corrected chi connectivity index (χ1v) is 9.96. The zero-order valence-electron chi connectivity index (χ0n) is 16.3. The van der Waals surface area contributed by atoms with E-state index in [2.05, 4.69) is 9.97 Å². The maximum Gasteiger partial charge on any atom is 0.268 e. The summed E-state index contributed by atoms with van der Waals surface area (Å²) in [4.78, 5) is 20.2. The molecule has 2 atom stereocenters. The standard InChI is InChI=1S/C22H21ClN4O3/c1-13(28)2-8-19(27-11-18(21(24)29)25-12-27)15-5-9-20-17(10-15)26-22(30-20)14-3-6-16(23)7-4-14/h3-7,9-13,19,28H,2,8H2,1H3,(H2,24,29)/t13-,19?/m0/s1. The average molecular weight is 425 g/mol. The normalized spacial score (nSPS) is 13.4. The molecule has 2 aromatic heterocycles. The molecular formula is C22H21ClN4O3. The van der Waals surface area contributed by atoms with E-state index in [1.807, 2.05) is 34.9 Å². The first-order valence-electron chi connectivity index (χ1n) is 9.58. The first kappa shape index (κ1) is 20.1. The Morgan fingerprint density at radius 3 is 2.67 bits per heavy atom. The number of amides is 1. The second-order valence-corrected chi connectivity index (χ2v) is 7.70. The van der Waals surface area contributed by atoms with Gasteiger partial charge in [-0.3, -0.25) is 4.79 Å². The summed E-state index contributed by atoms with van der Waals surface area (Å²) in [5.41, 5.74) is 8.73. The van der Waals surface area contributed by atoms with Gasteiger partial charge in [-0.15, -0.1) is 0 Å². The van der Waals surface area contributed by atoms with Crippen LogP contribution in [0.1, 0.15) is 41.9 Å². The van der Waals surface area contributed by atoms with Crippen molar-refractivity contribution in [1.29, 1.82) is 0 Å². The van der Waals surface area contributed by atoms with Crippen LogP contribution in [0.15, 0.2) is 59.4 Å². The summed E-state index contributed by atoms with van der Waals surface area (Å²) in [5, 5.41) is 10.4. The SMILES string of the molecule is C[C@H](O)CCC(c1ccc2oc(-c3ccc(Cl)cc3)nc2c1)n1cnc(C(N)=O)c1. The summed E-state index contributed by atoms with van der Waals surface area (Å²) in [6, 6.07) is 12.9. The van der Waals surface area contributed by atoms with Crippen LogP contribution in [0.25, 0.3) is 22.6 Å². The molecule has 0 radical (unpaired) electrons. The molecule has 2 heterocycles. The molecule has 30 heavy (non-hydrogen) atoms. The van der Waals surface area contributed by atoms with Gasteiger partial charge < -0.3 is 19.8 Å². The number of primary amides is 1. The number of oxazole rings is 1. The monoisotopic (exact) mass is 424 g/mol. The molecule has 0 aliphatic heterocycles. The third kappa shape index (κ3) is 4.22. The fourth-order valence-corrected chi connectivity index (χ4v) is 3.52. The Morgan fingerprint density at radius 1 is 1.23 bits per heavy atom. The number of aliphatic hydroxyl groups excluding tert-OH is 1. The van der Waals surface area contributed by atoms with E-state index in [0.29, 0.717) is 29.3 Å². The van der Waals surface area contributed by atoms with Gasteiger partial charge in [-0.2, -0.15) is 0 Å². The Hall–Kier alpha value is -3.16. The minimum Gasteiger partial charge on any atom is -0.436 e. The summed E-state index contributed by atoms with van der Waals surface area (Å²) in [6.45, 7) is 1.75. The summed E-state index contributed by atoms with van der Waals surface area (Å²) < 4.78 is 7.73. The van der Waals surface area contributed by atoms with Gasteiger partial charge in [-0.1, -0.05) is 17.7 Å². The largest absolute Gasteiger partial charge is 0.436 e. The number of hydrogen-bond acceptors (Lipinski definition) is 5. The summed E-state index contributed by atoms with van der Waals surface area (Å²) in [7, 11) is 0. The summed E-state index contributed by atoms with van der Waals surface area (Å²) >= 11 is 5.96. The number of nitrogens with two attached hydrogens (primary N) is 1. The van der Waals surface area contributed by atoms with E-state index in [4.69, 9.17) is 21.8 Å². The van der Waals surface area contributed by atoms with Gasteiger partial charge in [0, 0.05) is 16.8 Å². The fraction of sp³-hybridized carbons (Fsp3) is 0.227. The van der Waals surface area contributed by atoms with Crippen molar-refractivity contribution in [2.24, 2.45) is 5.73 Å². The molecule has 1 amide bonds. The molecule has 2 aromatic carbocycles. The van der Waals surface area contributed by atoms with Crippen molar-refractivity contribution in [1.82, 2.24) is 14.5 Å². The van der Waals surface area contributed by atoms with Crippen LogP contribution in [-0.4, -0.2) is 31.7 Å². The van der Waals surface area contributed by atoms with E-state index in [1.165, 1.54) is 0 Å². The summed E-state index contributed by atoms with van der Waals surface area (Å²) in [5.74, 6) is -0.0689. The van der Waals surface area contributed by atoms with E-state index >= 15 is 0 Å². The lowest BCUT2D eigenvalue weighted by atomic mass is 10.00. The van der Waals surface area contributed by atoms with Crippen LogP contribution in [-0.2, 0) is 0 Å². The van der Waals surface area contributed by atoms with Crippen LogP contribution in [0, 0.1) is 0 Å². The van der Waals surface area contributed by atoms with Crippen molar-refractivity contribution in [2.45, 2.75) is 31.9 Å². The van der Waals surface area contributed by atoms with Gasteiger partial charge in [-0.05, 0) is 61.7 Å². The maximum absolute atomic E-state index is 11.4. The number of halogens is 1. The van der Waals surface area contributed by atoms with Gasteiger partial charge in [0.2, 0.25) is 5.89 Å². The Morgan fingerprint density at radius 2 is 2.00 bits per heavy atom. The average Bonchev–Trinajstić information content (AvgIpc) is 3.35. The predicted octanol–water partition coefficient (Wildman–Crippen LogP) is 4.19. The number of carbonyl (C=O) groups excluding carboxylic acids is 1. The molecule has 0 saturated carbocycles. The van der Waals surface area contributed by atoms with Gasteiger partial charge in [0.1, 0.15) is 11.2 Å². The minimum atomic E-state index is -0.581. The van der Waals surface area contributed by atoms with Crippen molar-refractivity contribution < 1.29 is 14.3 Å². The molecule has 154 valence electrons. The molecule has 0 aliphatic carbocycles. The third-order valence-corrected chi connectivity index (χ3v) is 5.21. The Labute approximate surface area is 178 Å². The Bertz CT molecular complexity index is 1180. The Balaban J connectivity index is 1.71. The number of rotatable bonds is 7. The third-order valence-electron chi connectivity index (χ3n) is 4.96. The van der Waals surface area contributed by atoms with Crippen molar-refractivity contribution >= 4 is 28.6 Å². The molecule has 0 aliphatic rings. The molecule has 1 unspecified atom stereocenters. The smallest absolute Gasteiger partial charge is 0.268 e. The highest BCUT2D eigenvalue weighted by molar-refractivity contribution is 6.30.